The van der Waals surface area contributed by atoms with Crippen LogP contribution in [-0.2, 0) is 25.6 Å². The minimum Gasteiger partial charge on any atom is -0.472 e. The summed E-state index contributed by atoms with van der Waals surface area (Å²) in [5.41, 5.74) is -0.209. The van der Waals surface area contributed by atoms with E-state index in [9.17, 15) is 19.1 Å². The molecular formula is C33H40FNO6. The summed E-state index contributed by atoms with van der Waals surface area (Å²) in [6.07, 6.45) is 6.21. The molecule has 0 amide bonds. The van der Waals surface area contributed by atoms with Crippen molar-refractivity contribution < 1.29 is 33.0 Å². The predicted molar refractivity (Wildman–Crippen MR) is 149 cm³/mol. The number of fused-ring (bicyclic) bond motifs is 5. The number of nitrogens with one attached hydrogen (secondary N) is 1. The van der Waals surface area contributed by atoms with Crippen LogP contribution in [0, 0.1) is 33.9 Å². The molecule has 2 aromatic rings. The normalized spacial score (nSPS) is 37.6. The van der Waals surface area contributed by atoms with E-state index in [0.717, 1.165) is 16.7 Å². The molecular weight excluding hydrogens is 525 g/mol. The number of Topliss-reactive ketones (excluding diaryl/α,β-unsaturated/α-hetero) is 1. The van der Waals surface area contributed by atoms with Crippen molar-refractivity contribution in [1.29, 1.82) is 0 Å². The number of ether oxygens (including phenoxy) is 2. The maximum Gasteiger partial charge on any atom is 0.331 e. The smallest absolute Gasteiger partial charge is 0.331 e. The minimum atomic E-state index is -0.947. The van der Waals surface area contributed by atoms with Crippen LogP contribution in [0.2, 0.25) is 0 Å². The maximum atomic E-state index is 14.3. The number of carbonyl (C=O) groups excluding carboxylic acids is 2. The second-order valence-corrected chi connectivity index (χ2v) is 13.4. The van der Waals surface area contributed by atoms with Crippen molar-refractivity contribution in [3.8, 4) is 0 Å². The average Bonchev–Trinajstić information content (AvgIpc) is 3.54. The van der Waals surface area contributed by atoms with E-state index >= 15 is 0 Å². The van der Waals surface area contributed by atoms with Crippen LogP contribution >= 0.6 is 0 Å². The van der Waals surface area contributed by atoms with Crippen molar-refractivity contribution >= 4 is 11.8 Å². The topological polar surface area (TPSA) is 98.0 Å². The highest BCUT2D eigenvalue weighted by atomic mass is 19.1. The minimum absolute atomic E-state index is 0.0983. The van der Waals surface area contributed by atoms with Crippen molar-refractivity contribution in [1.82, 2.24) is 5.32 Å². The van der Waals surface area contributed by atoms with E-state index in [1.54, 1.807) is 30.7 Å². The van der Waals surface area contributed by atoms with Gasteiger partial charge in [0.2, 0.25) is 0 Å². The largest absolute Gasteiger partial charge is 0.472 e. The fourth-order valence-corrected chi connectivity index (χ4v) is 9.09. The molecule has 0 radical (unpaired) electrons. The number of aliphatic hydroxyl groups is 1. The van der Waals surface area contributed by atoms with Crippen molar-refractivity contribution in [2.45, 2.75) is 77.7 Å². The van der Waals surface area contributed by atoms with Gasteiger partial charge in [0.25, 0.3) is 0 Å². The van der Waals surface area contributed by atoms with Crippen LogP contribution in [0.1, 0.15) is 70.6 Å². The fraction of sp³-hybridized carbons (Fsp3) is 0.576. The summed E-state index contributed by atoms with van der Waals surface area (Å²) in [6.45, 7) is 9.26. The van der Waals surface area contributed by atoms with E-state index in [4.69, 9.17) is 13.9 Å². The van der Waals surface area contributed by atoms with E-state index < -0.39 is 33.9 Å². The lowest BCUT2D eigenvalue weighted by Gasteiger charge is -2.63. The zero-order chi connectivity index (χ0) is 29.2. The number of hydrogen-bond donors (Lipinski definition) is 2. The van der Waals surface area contributed by atoms with Gasteiger partial charge in [0.15, 0.2) is 0 Å². The highest BCUT2D eigenvalue weighted by molar-refractivity contribution is 5.94. The summed E-state index contributed by atoms with van der Waals surface area (Å²) in [5, 5.41) is 14.7. The average molecular weight is 566 g/mol. The second-order valence-electron chi connectivity index (χ2n) is 13.4. The Labute approximate surface area is 240 Å². The molecule has 6 rings (SSSR count). The standard InChI is InChI=1S/C33H40FNO6/c1-30(2)24-15-26(37)32(4)23(9-12-31(3)25(32)16-28(38)40-29(31)21-11-14-39-18-21)33(24,19-36)27(41-30)10-13-35-17-20-5-7-22(34)8-6-20/h5-8,11,14,16,18,23-24,27,29,35-36H,9-10,12-13,15,17,19H2,1-4H3/t23-,24-,27?,29-,31+,32+,33?/m0/s1. The van der Waals surface area contributed by atoms with Crippen molar-refractivity contribution in [3.05, 3.63) is 71.5 Å². The Balaban J connectivity index is 1.33. The number of benzene rings is 1. The maximum absolute atomic E-state index is 14.3. The van der Waals surface area contributed by atoms with Gasteiger partial charge in [0.1, 0.15) is 17.7 Å². The first-order chi connectivity index (χ1) is 19.5. The van der Waals surface area contributed by atoms with Gasteiger partial charge in [-0.1, -0.05) is 19.1 Å². The van der Waals surface area contributed by atoms with Crippen LogP contribution in [0.25, 0.3) is 0 Å². The molecule has 7 atom stereocenters. The Hall–Kier alpha value is -2.81. The second kappa shape index (κ2) is 9.89. The molecule has 8 heteroatoms. The Kier molecular flexibility index (Phi) is 6.83. The summed E-state index contributed by atoms with van der Waals surface area (Å²) in [4.78, 5) is 27.3. The number of esters is 1. The number of cyclic esters (lactones) is 1. The summed E-state index contributed by atoms with van der Waals surface area (Å²) in [5.74, 6) is -0.977. The number of hydrogen-bond acceptors (Lipinski definition) is 7. The first kappa shape index (κ1) is 28.3. The molecule has 1 aromatic heterocycles. The van der Waals surface area contributed by atoms with Gasteiger partial charge in [-0.25, -0.2) is 9.18 Å². The van der Waals surface area contributed by atoms with Gasteiger partial charge in [0.05, 0.1) is 36.3 Å². The molecule has 1 aromatic carbocycles. The molecule has 7 nitrogen and oxygen atoms in total. The van der Waals surface area contributed by atoms with Crippen LogP contribution in [0.3, 0.4) is 0 Å². The molecule has 2 N–H and O–H groups in total. The lowest BCUT2D eigenvalue weighted by atomic mass is 9.40. The number of furan rings is 1. The van der Waals surface area contributed by atoms with Gasteiger partial charge in [-0.2, -0.15) is 0 Å². The summed E-state index contributed by atoms with van der Waals surface area (Å²) >= 11 is 0. The molecule has 1 saturated heterocycles. The summed E-state index contributed by atoms with van der Waals surface area (Å²) in [6, 6.07) is 8.25. The van der Waals surface area contributed by atoms with Gasteiger partial charge < -0.3 is 24.3 Å². The van der Waals surface area contributed by atoms with Gasteiger partial charge >= 0.3 is 5.97 Å². The fourth-order valence-electron chi connectivity index (χ4n) is 9.09. The van der Waals surface area contributed by atoms with Crippen molar-refractivity contribution in [3.63, 3.8) is 0 Å². The van der Waals surface area contributed by atoms with E-state index in [1.165, 1.54) is 12.1 Å². The van der Waals surface area contributed by atoms with E-state index in [2.05, 4.69) is 12.2 Å². The number of aliphatic hydroxyl groups excluding tert-OH is 1. The molecule has 41 heavy (non-hydrogen) atoms. The highest BCUT2D eigenvalue weighted by Gasteiger charge is 2.73. The monoisotopic (exact) mass is 565 g/mol. The van der Waals surface area contributed by atoms with E-state index in [-0.39, 0.29) is 42.6 Å². The van der Waals surface area contributed by atoms with E-state index in [0.29, 0.717) is 32.4 Å². The van der Waals surface area contributed by atoms with E-state index in [1.807, 2.05) is 26.8 Å². The molecule has 2 aliphatic heterocycles. The lowest BCUT2D eigenvalue weighted by molar-refractivity contribution is -0.171. The Morgan fingerprint density at radius 1 is 1.07 bits per heavy atom. The Morgan fingerprint density at radius 2 is 1.83 bits per heavy atom. The Morgan fingerprint density at radius 3 is 2.51 bits per heavy atom. The molecule has 0 spiro atoms. The van der Waals surface area contributed by atoms with Crippen LogP contribution < -0.4 is 5.32 Å². The summed E-state index contributed by atoms with van der Waals surface area (Å²) in [7, 11) is 0. The molecule has 2 unspecified atom stereocenters. The van der Waals surface area contributed by atoms with Crippen molar-refractivity contribution in [2.75, 3.05) is 13.2 Å². The third-order valence-electron chi connectivity index (χ3n) is 11.0. The van der Waals surface area contributed by atoms with Gasteiger partial charge in [-0.3, -0.25) is 4.79 Å². The molecule has 0 bridgehead atoms. The van der Waals surface area contributed by atoms with Crippen LogP contribution in [0.15, 0.2) is 58.9 Å². The number of carbonyl (C=O) groups is 2. The lowest BCUT2D eigenvalue weighted by Crippen LogP contribution is -2.64. The Bertz CT molecular complexity index is 1350. The first-order valence-corrected chi connectivity index (χ1v) is 14.7. The van der Waals surface area contributed by atoms with Crippen LogP contribution in [0.4, 0.5) is 4.39 Å². The number of rotatable bonds is 7. The van der Waals surface area contributed by atoms with Crippen LogP contribution in [-0.4, -0.2) is 41.7 Å². The SMILES string of the molecule is CC1(C)OC(CCNCc2ccc(F)cc2)C2(CO)[C@H]3CC[C@]4(C)C(=CC(=O)O[C@H]4c4ccoc4)[C@]3(C)C(=O)C[C@@H]12. The first-order valence-electron chi connectivity index (χ1n) is 14.7. The van der Waals surface area contributed by atoms with Gasteiger partial charge in [-0.05, 0) is 81.8 Å². The zero-order valence-corrected chi connectivity index (χ0v) is 24.2. The molecule has 4 aliphatic rings. The molecule has 2 saturated carbocycles. The van der Waals surface area contributed by atoms with Gasteiger partial charge in [-0.15, -0.1) is 0 Å². The molecule has 220 valence electrons. The third-order valence-corrected chi connectivity index (χ3v) is 11.0. The predicted octanol–water partition coefficient (Wildman–Crippen LogP) is 5.29. The van der Waals surface area contributed by atoms with Gasteiger partial charge in [0, 0.05) is 41.4 Å². The molecule has 2 aliphatic carbocycles. The summed E-state index contributed by atoms with van der Waals surface area (Å²) < 4.78 is 31.3. The van der Waals surface area contributed by atoms with Crippen molar-refractivity contribution in [2.24, 2.45) is 28.1 Å². The molecule has 3 heterocycles. The zero-order valence-electron chi connectivity index (χ0n) is 24.2. The number of halogens is 1. The molecule has 3 fully saturated rings. The third kappa shape index (κ3) is 4.16. The number of ketones is 1. The quantitative estimate of drug-likeness (QED) is 0.348. The highest BCUT2D eigenvalue weighted by Crippen LogP contribution is 2.71. The van der Waals surface area contributed by atoms with Crippen LogP contribution in [0.5, 0.6) is 0 Å².